The van der Waals surface area contributed by atoms with E-state index in [1.807, 2.05) is 11.4 Å². The third-order valence-corrected chi connectivity index (χ3v) is 4.54. The molecule has 0 aliphatic carbocycles. The van der Waals surface area contributed by atoms with Crippen molar-refractivity contribution in [1.82, 2.24) is 14.7 Å². The van der Waals surface area contributed by atoms with Crippen LogP contribution in [-0.2, 0) is 17.9 Å². The molecule has 1 aromatic carbocycles. The van der Waals surface area contributed by atoms with E-state index in [0.29, 0.717) is 10.4 Å². The molecule has 0 fully saturated rings. The predicted octanol–water partition coefficient (Wildman–Crippen LogP) is 2.37. The summed E-state index contributed by atoms with van der Waals surface area (Å²) in [4.78, 5) is 26.3. The molecule has 1 amide bonds. The van der Waals surface area contributed by atoms with Crippen LogP contribution in [0.2, 0.25) is 0 Å². The first-order valence-corrected chi connectivity index (χ1v) is 8.54. The lowest BCUT2D eigenvalue weighted by molar-refractivity contribution is -0.131. The average molecular weight is 377 g/mol. The number of amides is 1. The van der Waals surface area contributed by atoms with Crippen molar-refractivity contribution in [3.05, 3.63) is 57.6 Å². The molecule has 0 bridgehead atoms. The molecule has 136 valence electrons. The molecule has 0 atom stereocenters. The zero-order valence-corrected chi connectivity index (χ0v) is 15.0. The molecule has 3 aromatic rings. The van der Waals surface area contributed by atoms with Gasteiger partial charge in [0.1, 0.15) is 6.54 Å². The largest absolute Gasteiger partial charge is 0.494 e. The molecule has 0 saturated carbocycles. The van der Waals surface area contributed by atoms with Gasteiger partial charge in [0.05, 0.1) is 12.0 Å². The molecule has 3 rings (SSSR count). The summed E-state index contributed by atoms with van der Waals surface area (Å²) in [7, 11) is 2.95. The highest BCUT2D eigenvalue weighted by atomic mass is 32.1. The summed E-state index contributed by atoms with van der Waals surface area (Å²) < 4.78 is 24.7. The number of carbonyl (C=O) groups excluding carboxylic acids is 1. The number of aromatic nitrogens is 2. The van der Waals surface area contributed by atoms with Crippen LogP contribution in [0.15, 0.2) is 44.9 Å². The summed E-state index contributed by atoms with van der Waals surface area (Å²) in [5.41, 5.74) is 0.603. The third-order valence-electron chi connectivity index (χ3n) is 3.68. The van der Waals surface area contributed by atoms with Gasteiger partial charge in [0, 0.05) is 13.6 Å². The Hall–Kier alpha value is -2.94. The number of thiophene rings is 1. The van der Waals surface area contributed by atoms with E-state index < -0.39 is 11.6 Å². The molecule has 7 nitrogen and oxygen atoms in total. The lowest BCUT2D eigenvalue weighted by atomic mass is 10.2. The number of hydrogen-bond acceptors (Lipinski definition) is 6. The van der Waals surface area contributed by atoms with Crippen molar-refractivity contribution in [3.8, 4) is 16.5 Å². The number of methoxy groups -OCH3 is 1. The molecule has 0 radical (unpaired) electrons. The number of halogens is 1. The third kappa shape index (κ3) is 3.83. The van der Waals surface area contributed by atoms with Gasteiger partial charge < -0.3 is 14.1 Å². The molecule has 0 spiro atoms. The molecule has 0 saturated heterocycles. The molecule has 0 aliphatic heterocycles. The van der Waals surface area contributed by atoms with Gasteiger partial charge >= 0.3 is 5.76 Å². The molecule has 2 heterocycles. The number of rotatable bonds is 6. The van der Waals surface area contributed by atoms with Crippen molar-refractivity contribution >= 4 is 17.2 Å². The average Bonchev–Trinajstić information content (AvgIpc) is 3.25. The first-order valence-electron chi connectivity index (χ1n) is 7.66. The highest BCUT2D eigenvalue weighted by molar-refractivity contribution is 7.13. The van der Waals surface area contributed by atoms with Gasteiger partial charge in [-0.15, -0.1) is 16.4 Å². The zero-order chi connectivity index (χ0) is 18.7. The molecular formula is C17H16FN3O4S. The number of likely N-dealkylation sites (N-methyl/N-ethyl adjacent to an activating group) is 1. The van der Waals surface area contributed by atoms with E-state index in [1.54, 1.807) is 19.2 Å². The molecule has 9 heteroatoms. The molecule has 26 heavy (non-hydrogen) atoms. The maximum atomic E-state index is 13.7. The minimum absolute atomic E-state index is 0.137. The van der Waals surface area contributed by atoms with E-state index in [-0.39, 0.29) is 30.6 Å². The van der Waals surface area contributed by atoms with Crippen molar-refractivity contribution in [3.63, 3.8) is 0 Å². The summed E-state index contributed by atoms with van der Waals surface area (Å²) >= 11 is 1.38. The topological polar surface area (TPSA) is 77.6 Å². The zero-order valence-electron chi connectivity index (χ0n) is 14.1. The Morgan fingerprint density at radius 1 is 1.42 bits per heavy atom. The molecule has 0 unspecified atom stereocenters. The smallest absolute Gasteiger partial charge is 0.437 e. The van der Waals surface area contributed by atoms with E-state index in [2.05, 4.69) is 5.10 Å². The second kappa shape index (κ2) is 7.52. The summed E-state index contributed by atoms with van der Waals surface area (Å²) in [6.45, 7) is -0.0764. The standard InChI is InChI=1S/C17H16FN3O4S/c1-20(9-11-5-6-13(24-2)12(18)8-11)15(22)10-21-17(23)25-16(19-21)14-4-3-7-26-14/h3-8H,9-10H2,1-2H3. The second-order valence-corrected chi connectivity index (χ2v) is 6.47. The van der Waals surface area contributed by atoms with Gasteiger partial charge in [-0.25, -0.2) is 9.18 Å². The van der Waals surface area contributed by atoms with Gasteiger partial charge in [-0.2, -0.15) is 4.68 Å². The van der Waals surface area contributed by atoms with Crippen LogP contribution in [0.3, 0.4) is 0 Å². The fourth-order valence-corrected chi connectivity index (χ4v) is 2.97. The number of ether oxygens (including phenoxy) is 1. The van der Waals surface area contributed by atoms with Gasteiger partial charge in [-0.1, -0.05) is 12.1 Å². The van der Waals surface area contributed by atoms with Crippen LogP contribution in [0, 0.1) is 5.82 Å². The summed E-state index contributed by atoms with van der Waals surface area (Å²) in [6.07, 6.45) is 0. The van der Waals surface area contributed by atoms with Crippen LogP contribution >= 0.6 is 11.3 Å². The van der Waals surface area contributed by atoms with Gasteiger partial charge in [0.2, 0.25) is 5.91 Å². The Labute approximate surface area is 152 Å². The minimum Gasteiger partial charge on any atom is -0.494 e. The predicted molar refractivity (Wildman–Crippen MR) is 93.5 cm³/mol. The van der Waals surface area contributed by atoms with Gasteiger partial charge in [0.15, 0.2) is 11.6 Å². The Bertz CT molecular complexity index is 965. The van der Waals surface area contributed by atoms with Crippen molar-refractivity contribution in [2.45, 2.75) is 13.1 Å². The number of benzene rings is 1. The minimum atomic E-state index is -0.703. The van der Waals surface area contributed by atoms with E-state index in [0.717, 1.165) is 4.68 Å². The molecule has 2 aromatic heterocycles. The van der Waals surface area contributed by atoms with Crippen molar-refractivity contribution in [1.29, 1.82) is 0 Å². The summed E-state index contributed by atoms with van der Waals surface area (Å²) in [5, 5.41) is 5.88. The fourth-order valence-electron chi connectivity index (χ4n) is 2.33. The van der Waals surface area contributed by atoms with Crippen molar-refractivity contribution in [2.75, 3.05) is 14.2 Å². The first-order chi connectivity index (χ1) is 12.5. The summed E-state index contributed by atoms with van der Waals surface area (Å²) in [5.74, 6) is -1.24. The quantitative estimate of drug-likeness (QED) is 0.659. The van der Waals surface area contributed by atoms with Gasteiger partial charge in [-0.05, 0) is 29.1 Å². The molecular weight excluding hydrogens is 361 g/mol. The Morgan fingerprint density at radius 3 is 2.88 bits per heavy atom. The Balaban J connectivity index is 1.68. The Morgan fingerprint density at radius 2 is 2.23 bits per heavy atom. The maximum absolute atomic E-state index is 13.7. The Kier molecular flexibility index (Phi) is 5.17. The van der Waals surface area contributed by atoms with Crippen LogP contribution in [-0.4, -0.2) is 34.7 Å². The van der Waals surface area contributed by atoms with Crippen molar-refractivity contribution < 1.29 is 18.3 Å². The highest BCUT2D eigenvalue weighted by Crippen LogP contribution is 2.21. The number of nitrogens with zero attached hydrogens (tertiary/aromatic N) is 3. The van der Waals surface area contributed by atoms with E-state index in [9.17, 15) is 14.0 Å². The lowest BCUT2D eigenvalue weighted by Gasteiger charge is -2.17. The second-order valence-electron chi connectivity index (χ2n) is 5.53. The van der Waals surface area contributed by atoms with E-state index in [1.165, 1.54) is 35.5 Å². The first kappa shape index (κ1) is 17.9. The monoisotopic (exact) mass is 377 g/mol. The van der Waals surface area contributed by atoms with Gasteiger partial charge in [0.25, 0.3) is 5.89 Å². The van der Waals surface area contributed by atoms with Gasteiger partial charge in [-0.3, -0.25) is 4.79 Å². The fraction of sp³-hybridized carbons (Fsp3) is 0.235. The van der Waals surface area contributed by atoms with E-state index in [4.69, 9.17) is 9.15 Å². The number of carbonyl (C=O) groups is 1. The normalized spacial score (nSPS) is 10.7. The summed E-state index contributed by atoms with van der Waals surface area (Å²) in [6, 6.07) is 8.05. The van der Waals surface area contributed by atoms with E-state index >= 15 is 0 Å². The molecule has 0 aliphatic rings. The van der Waals surface area contributed by atoms with Crippen LogP contribution in [0.5, 0.6) is 5.75 Å². The maximum Gasteiger partial charge on any atom is 0.437 e. The lowest BCUT2D eigenvalue weighted by Crippen LogP contribution is -2.33. The van der Waals surface area contributed by atoms with Crippen LogP contribution in [0.25, 0.3) is 10.8 Å². The molecule has 0 N–H and O–H groups in total. The van der Waals surface area contributed by atoms with Crippen LogP contribution in [0.1, 0.15) is 5.56 Å². The van der Waals surface area contributed by atoms with Crippen LogP contribution < -0.4 is 10.5 Å². The SMILES string of the molecule is COc1ccc(CN(C)C(=O)Cn2nc(-c3cccs3)oc2=O)cc1F. The van der Waals surface area contributed by atoms with Crippen molar-refractivity contribution in [2.24, 2.45) is 0 Å². The van der Waals surface area contributed by atoms with Crippen LogP contribution in [0.4, 0.5) is 4.39 Å². The highest BCUT2D eigenvalue weighted by Gasteiger charge is 2.17. The number of hydrogen-bond donors (Lipinski definition) is 0.